The summed E-state index contributed by atoms with van der Waals surface area (Å²) in [5.41, 5.74) is 0. The zero-order valence-corrected chi connectivity index (χ0v) is 11.9. The lowest BCUT2D eigenvalue weighted by Gasteiger charge is -2.41. The molecule has 1 aliphatic heterocycles. The normalized spacial score (nSPS) is 32.6. The third kappa shape index (κ3) is 3.69. The average molecular weight is 238 g/mol. The Kier molecular flexibility index (Phi) is 4.87. The van der Waals surface area contributed by atoms with Crippen LogP contribution in [-0.4, -0.2) is 36.6 Å². The van der Waals surface area contributed by atoms with Crippen LogP contribution in [-0.2, 0) is 0 Å². The molecule has 2 nitrogen and oxygen atoms in total. The average Bonchev–Trinajstić information content (AvgIpc) is 3.13. The Hall–Kier alpha value is -0.0800. The molecule has 2 fully saturated rings. The van der Waals surface area contributed by atoms with Crippen LogP contribution in [0.1, 0.15) is 52.9 Å². The standard InChI is InChI=1S/C15H30N2/c1-4-14(10-13-6-7-13)17-9-8-15(16-5-2)12(3)11-17/h12-16H,4-11H2,1-3H3. The Morgan fingerprint density at radius 3 is 2.53 bits per heavy atom. The molecule has 0 amide bonds. The maximum Gasteiger partial charge on any atom is 0.0117 e. The van der Waals surface area contributed by atoms with Gasteiger partial charge in [0.15, 0.2) is 0 Å². The van der Waals surface area contributed by atoms with Gasteiger partial charge in [0.2, 0.25) is 0 Å². The van der Waals surface area contributed by atoms with Crippen molar-refractivity contribution in [3.8, 4) is 0 Å². The Bertz CT molecular complexity index is 225. The number of piperidine rings is 1. The van der Waals surface area contributed by atoms with Gasteiger partial charge in [0.1, 0.15) is 0 Å². The van der Waals surface area contributed by atoms with Gasteiger partial charge in [0.05, 0.1) is 0 Å². The minimum atomic E-state index is 0.759. The second-order valence-electron chi connectivity index (χ2n) is 6.17. The van der Waals surface area contributed by atoms with Gasteiger partial charge in [-0.1, -0.05) is 33.6 Å². The molecule has 2 rings (SSSR count). The van der Waals surface area contributed by atoms with Crippen LogP contribution in [0.2, 0.25) is 0 Å². The SMILES string of the molecule is CCNC1CCN(C(CC)CC2CC2)CC1C. The zero-order chi connectivity index (χ0) is 12.3. The van der Waals surface area contributed by atoms with Gasteiger partial charge in [0, 0.05) is 18.6 Å². The Balaban J connectivity index is 1.81. The van der Waals surface area contributed by atoms with E-state index in [0.717, 1.165) is 30.5 Å². The summed E-state index contributed by atoms with van der Waals surface area (Å²) in [6.45, 7) is 10.8. The van der Waals surface area contributed by atoms with E-state index in [1.165, 1.54) is 45.2 Å². The molecule has 0 aromatic rings. The van der Waals surface area contributed by atoms with Crippen LogP contribution in [0.5, 0.6) is 0 Å². The van der Waals surface area contributed by atoms with E-state index in [9.17, 15) is 0 Å². The van der Waals surface area contributed by atoms with Gasteiger partial charge in [0.25, 0.3) is 0 Å². The van der Waals surface area contributed by atoms with E-state index in [2.05, 4.69) is 31.0 Å². The fraction of sp³-hybridized carbons (Fsp3) is 1.00. The van der Waals surface area contributed by atoms with Gasteiger partial charge in [-0.25, -0.2) is 0 Å². The maximum absolute atomic E-state index is 3.64. The van der Waals surface area contributed by atoms with Gasteiger partial charge < -0.3 is 10.2 Å². The molecule has 3 atom stereocenters. The highest BCUT2D eigenvalue weighted by molar-refractivity contribution is 4.88. The van der Waals surface area contributed by atoms with E-state index >= 15 is 0 Å². The van der Waals surface area contributed by atoms with Crippen LogP contribution in [0.3, 0.4) is 0 Å². The van der Waals surface area contributed by atoms with E-state index in [0.29, 0.717) is 0 Å². The van der Waals surface area contributed by atoms with Crippen molar-refractivity contribution in [1.82, 2.24) is 10.2 Å². The lowest BCUT2D eigenvalue weighted by atomic mass is 9.91. The van der Waals surface area contributed by atoms with E-state index in [4.69, 9.17) is 0 Å². The van der Waals surface area contributed by atoms with Gasteiger partial charge in [-0.2, -0.15) is 0 Å². The molecule has 100 valence electrons. The first kappa shape index (κ1) is 13.4. The topological polar surface area (TPSA) is 15.3 Å². The summed E-state index contributed by atoms with van der Waals surface area (Å²) in [7, 11) is 0. The molecule has 0 radical (unpaired) electrons. The molecule has 0 bridgehead atoms. The number of hydrogen-bond donors (Lipinski definition) is 1. The molecule has 3 unspecified atom stereocenters. The molecule has 0 spiro atoms. The first-order chi connectivity index (χ1) is 8.24. The van der Waals surface area contributed by atoms with Crippen LogP contribution in [0.4, 0.5) is 0 Å². The van der Waals surface area contributed by atoms with Crippen LogP contribution in [0, 0.1) is 11.8 Å². The van der Waals surface area contributed by atoms with Gasteiger partial charge >= 0.3 is 0 Å². The molecule has 17 heavy (non-hydrogen) atoms. The molecule has 2 aliphatic rings. The Labute approximate surface area is 107 Å². The summed E-state index contributed by atoms with van der Waals surface area (Å²) < 4.78 is 0. The van der Waals surface area contributed by atoms with Crippen molar-refractivity contribution < 1.29 is 0 Å². The fourth-order valence-corrected chi connectivity index (χ4v) is 3.39. The first-order valence-electron chi connectivity index (χ1n) is 7.72. The summed E-state index contributed by atoms with van der Waals surface area (Å²) in [6, 6.07) is 1.63. The minimum Gasteiger partial charge on any atom is -0.314 e. The van der Waals surface area contributed by atoms with Gasteiger partial charge in [-0.05, 0) is 44.2 Å². The molecule has 1 N–H and O–H groups in total. The van der Waals surface area contributed by atoms with Gasteiger partial charge in [-0.15, -0.1) is 0 Å². The largest absolute Gasteiger partial charge is 0.314 e. The van der Waals surface area contributed by atoms with Crippen molar-refractivity contribution in [2.24, 2.45) is 11.8 Å². The summed E-state index contributed by atoms with van der Waals surface area (Å²) in [4.78, 5) is 2.77. The van der Waals surface area contributed by atoms with Crippen molar-refractivity contribution in [3.63, 3.8) is 0 Å². The number of nitrogens with one attached hydrogen (secondary N) is 1. The number of nitrogens with zero attached hydrogens (tertiary/aromatic N) is 1. The molecule has 1 aliphatic carbocycles. The monoisotopic (exact) mass is 238 g/mol. The predicted molar refractivity (Wildman–Crippen MR) is 74.2 cm³/mol. The second kappa shape index (κ2) is 6.19. The highest BCUT2D eigenvalue weighted by Crippen LogP contribution is 2.36. The fourth-order valence-electron chi connectivity index (χ4n) is 3.39. The maximum atomic E-state index is 3.64. The molecular formula is C15H30N2. The van der Waals surface area contributed by atoms with Crippen LogP contribution >= 0.6 is 0 Å². The quantitative estimate of drug-likeness (QED) is 0.765. The zero-order valence-electron chi connectivity index (χ0n) is 11.9. The Morgan fingerprint density at radius 1 is 1.24 bits per heavy atom. The van der Waals surface area contributed by atoms with E-state index in [-0.39, 0.29) is 0 Å². The van der Waals surface area contributed by atoms with E-state index in [1.807, 2.05) is 0 Å². The van der Waals surface area contributed by atoms with Crippen LogP contribution in [0.15, 0.2) is 0 Å². The summed E-state index contributed by atoms with van der Waals surface area (Å²) in [6.07, 6.45) is 7.15. The number of hydrogen-bond acceptors (Lipinski definition) is 2. The minimum absolute atomic E-state index is 0.759. The van der Waals surface area contributed by atoms with Crippen molar-refractivity contribution in [2.45, 2.75) is 65.0 Å². The molecule has 0 aromatic heterocycles. The molecule has 1 heterocycles. The second-order valence-corrected chi connectivity index (χ2v) is 6.17. The predicted octanol–water partition coefficient (Wildman–Crippen LogP) is 2.89. The Morgan fingerprint density at radius 2 is 2.00 bits per heavy atom. The molecule has 1 saturated heterocycles. The molecule has 1 saturated carbocycles. The van der Waals surface area contributed by atoms with Crippen molar-refractivity contribution >= 4 is 0 Å². The van der Waals surface area contributed by atoms with Crippen molar-refractivity contribution in [3.05, 3.63) is 0 Å². The molecular weight excluding hydrogens is 208 g/mol. The summed E-state index contributed by atoms with van der Waals surface area (Å²) in [5.74, 6) is 1.89. The summed E-state index contributed by atoms with van der Waals surface area (Å²) in [5, 5.41) is 3.64. The van der Waals surface area contributed by atoms with Crippen LogP contribution < -0.4 is 5.32 Å². The highest BCUT2D eigenvalue weighted by Gasteiger charge is 2.32. The first-order valence-corrected chi connectivity index (χ1v) is 7.72. The lowest BCUT2D eigenvalue weighted by Crippen LogP contribution is -2.51. The third-order valence-electron chi connectivity index (χ3n) is 4.69. The van der Waals surface area contributed by atoms with Gasteiger partial charge in [-0.3, -0.25) is 0 Å². The highest BCUT2D eigenvalue weighted by atomic mass is 15.2. The number of likely N-dealkylation sites (tertiary alicyclic amines) is 1. The lowest BCUT2D eigenvalue weighted by molar-refractivity contribution is 0.0943. The van der Waals surface area contributed by atoms with E-state index in [1.54, 1.807) is 0 Å². The third-order valence-corrected chi connectivity index (χ3v) is 4.69. The number of rotatable bonds is 6. The smallest absolute Gasteiger partial charge is 0.0117 e. The summed E-state index contributed by atoms with van der Waals surface area (Å²) >= 11 is 0. The van der Waals surface area contributed by atoms with E-state index < -0.39 is 0 Å². The van der Waals surface area contributed by atoms with Crippen molar-refractivity contribution in [2.75, 3.05) is 19.6 Å². The molecule has 2 heteroatoms. The van der Waals surface area contributed by atoms with Crippen molar-refractivity contribution in [1.29, 1.82) is 0 Å². The van der Waals surface area contributed by atoms with Crippen LogP contribution in [0.25, 0.3) is 0 Å². The molecule has 0 aromatic carbocycles.